The molecule has 376 valence electrons. The number of alkyl halides is 1. The number of amides is 1. The second-order valence-corrected chi connectivity index (χ2v) is 20.6. The van der Waals surface area contributed by atoms with Crippen LogP contribution in [0.3, 0.4) is 0 Å². The van der Waals surface area contributed by atoms with E-state index in [1.165, 1.54) is 40.6 Å². The van der Waals surface area contributed by atoms with E-state index in [0.29, 0.717) is 34.9 Å². The number of nitrogens with zero attached hydrogens (tertiary/aromatic N) is 2. The van der Waals surface area contributed by atoms with Crippen molar-refractivity contribution in [3.63, 3.8) is 0 Å². The van der Waals surface area contributed by atoms with Crippen molar-refractivity contribution in [1.82, 2.24) is 15.2 Å². The lowest BCUT2D eigenvalue weighted by molar-refractivity contribution is -0.205. The van der Waals surface area contributed by atoms with E-state index in [2.05, 4.69) is 70.9 Å². The van der Waals surface area contributed by atoms with Crippen LogP contribution >= 0.6 is 35.1 Å². The van der Waals surface area contributed by atoms with Crippen LogP contribution in [0.4, 0.5) is 0 Å². The fraction of sp³-hybridized carbons (Fsp3) is 0.453. The molecule has 3 aromatic carbocycles. The van der Waals surface area contributed by atoms with Gasteiger partial charge in [0, 0.05) is 23.2 Å². The van der Waals surface area contributed by atoms with Gasteiger partial charge in [0.2, 0.25) is 5.91 Å². The summed E-state index contributed by atoms with van der Waals surface area (Å²) < 4.78 is 10.7. The van der Waals surface area contributed by atoms with Gasteiger partial charge < -0.3 is 30.1 Å². The zero-order valence-corrected chi connectivity index (χ0v) is 43.0. The second kappa shape index (κ2) is 27.0. The number of rotatable bonds is 11. The van der Waals surface area contributed by atoms with E-state index in [4.69, 9.17) is 21.1 Å². The summed E-state index contributed by atoms with van der Waals surface area (Å²) in [5, 5.41) is 33.0. The van der Waals surface area contributed by atoms with Crippen LogP contribution in [0.1, 0.15) is 108 Å². The first-order chi connectivity index (χ1) is 33.5. The number of nitrogens with one attached hydrogen (secondary N) is 1. The van der Waals surface area contributed by atoms with Gasteiger partial charge in [0.05, 0.1) is 40.8 Å². The molecule has 14 nitrogen and oxygen atoms in total. The van der Waals surface area contributed by atoms with E-state index in [1.54, 1.807) is 92.9 Å². The van der Waals surface area contributed by atoms with Crippen molar-refractivity contribution in [1.29, 1.82) is 0 Å². The molecule has 9 atom stereocenters. The topological polar surface area (TPSA) is 194 Å². The number of likely N-dealkylation sites (tertiary alicyclic amines) is 1. The zero-order chi connectivity index (χ0) is 51.0. The largest absolute Gasteiger partial charge is 0.462 e. The molecule has 17 heteroatoms. The zero-order valence-electron chi connectivity index (χ0n) is 40.6. The average Bonchev–Trinajstić information content (AvgIpc) is 3.74. The number of pyridine rings is 1. The lowest BCUT2D eigenvalue weighted by Crippen LogP contribution is -2.65. The molecule has 0 unspecified atom stereocenters. The van der Waals surface area contributed by atoms with Crippen molar-refractivity contribution >= 4 is 58.9 Å². The Morgan fingerprint density at radius 3 is 2.10 bits per heavy atom. The first kappa shape index (κ1) is 56.0. The molecule has 3 aliphatic heterocycles. The van der Waals surface area contributed by atoms with Gasteiger partial charge >= 0.3 is 17.9 Å². The molecular weight excluding hydrogens is 954 g/mol. The molecule has 0 aliphatic carbocycles. The monoisotopic (exact) mass is 1020 g/mol. The van der Waals surface area contributed by atoms with Crippen molar-refractivity contribution in [3.8, 4) is 11.8 Å². The summed E-state index contributed by atoms with van der Waals surface area (Å²) in [4.78, 5) is 64.1. The van der Waals surface area contributed by atoms with Crippen molar-refractivity contribution in [2.75, 3.05) is 32.2 Å². The van der Waals surface area contributed by atoms with Gasteiger partial charge in [-0.15, -0.1) is 35.1 Å². The van der Waals surface area contributed by atoms with Crippen LogP contribution in [-0.4, -0.2) is 129 Å². The van der Waals surface area contributed by atoms with E-state index < -0.39 is 53.2 Å². The second-order valence-electron chi connectivity index (χ2n) is 17.8. The van der Waals surface area contributed by atoms with E-state index >= 15 is 0 Å². The smallest absolute Gasteiger partial charge is 0.386 e. The van der Waals surface area contributed by atoms with Gasteiger partial charge in [0.1, 0.15) is 35.5 Å². The van der Waals surface area contributed by atoms with Crippen LogP contribution < -0.4 is 5.32 Å². The van der Waals surface area contributed by atoms with Crippen LogP contribution in [0.25, 0.3) is 0 Å². The van der Waals surface area contributed by atoms with Crippen molar-refractivity contribution < 1.29 is 53.7 Å². The number of carbonyl (C=O) groups is 4. The molecule has 2 fully saturated rings. The molecule has 0 saturated carbocycles. The van der Waals surface area contributed by atoms with Gasteiger partial charge in [-0.2, -0.15) is 0 Å². The van der Waals surface area contributed by atoms with Crippen LogP contribution in [0, 0.1) is 17.8 Å². The first-order valence-corrected chi connectivity index (χ1v) is 26.0. The van der Waals surface area contributed by atoms with Gasteiger partial charge in [0.25, 0.3) is 0 Å². The van der Waals surface area contributed by atoms with Crippen molar-refractivity contribution in [2.24, 2.45) is 5.92 Å². The maximum atomic E-state index is 12.9. The fourth-order valence-electron chi connectivity index (χ4n) is 8.19. The number of likely N-dealkylation sites (N-methyl/N-ethyl adjacent to an activating group) is 1. The summed E-state index contributed by atoms with van der Waals surface area (Å²) in [7, 11) is 1.94. The lowest BCUT2D eigenvalue weighted by Gasteiger charge is -2.44. The van der Waals surface area contributed by atoms with Crippen molar-refractivity contribution in [3.05, 3.63) is 131 Å². The Morgan fingerprint density at radius 1 is 0.900 bits per heavy atom. The average molecular weight is 1020 g/mol. The number of thioether (sulfide) groups is 2. The quantitative estimate of drug-likeness (QED) is 0.0381. The summed E-state index contributed by atoms with van der Waals surface area (Å²) in [6, 6.07) is 25.5. The van der Waals surface area contributed by atoms with E-state index in [1.807, 2.05) is 23.7 Å². The van der Waals surface area contributed by atoms with Gasteiger partial charge in [-0.25, -0.2) is 29.1 Å². The molecule has 1 amide bonds. The number of aromatic nitrogens is 1. The number of benzene rings is 3. The molecule has 4 aromatic rings. The number of carbonyl (C=O) groups excluding carboxylic acids is 4. The predicted molar refractivity (Wildman–Crippen MR) is 272 cm³/mol. The minimum Gasteiger partial charge on any atom is -0.462 e. The Labute approximate surface area is 424 Å². The highest BCUT2D eigenvalue weighted by Crippen LogP contribution is 2.41. The molecule has 70 heavy (non-hydrogen) atoms. The Bertz CT molecular complexity index is 2350. The first-order valence-electron chi connectivity index (χ1n) is 23.3. The minimum atomic E-state index is -1.36. The summed E-state index contributed by atoms with van der Waals surface area (Å²) >= 11 is 9.47. The molecule has 4 heterocycles. The highest BCUT2D eigenvalue weighted by molar-refractivity contribution is 7.99. The third kappa shape index (κ3) is 15.5. The summed E-state index contributed by atoms with van der Waals surface area (Å²) in [5.74, 6) is 6.00. The van der Waals surface area contributed by atoms with Gasteiger partial charge in [-0.3, -0.25) is 9.69 Å². The molecule has 0 bridgehead atoms. The Hall–Kier alpha value is -4.96. The fourth-order valence-corrected chi connectivity index (χ4v) is 10.6. The summed E-state index contributed by atoms with van der Waals surface area (Å²) in [5.41, 5.74) is 3.58. The molecule has 4 N–H and O–H groups in total. The van der Waals surface area contributed by atoms with E-state index in [9.17, 15) is 34.5 Å². The number of hydrogen-bond donors (Lipinski definition) is 4. The third-order valence-corrected chi connectivity index (χ3v) is 14.3. The highest BCUT2D eigenvalue weighted by atomic mass is 35.5. The number of ether oxygens (including phenoxy) is 2. The van der Waals surface area contributed by atoms with Gasteiger partial charge in [-0.05, 0) is 130 Å². The number of fused-ring (bicyclic) bond motifs is 1. The van der Waals surface area contributed by atoms with Crippen molar-refractivity contribution in [2.45, 2.75) is 118 Å². The summed E-state index contributed by atoms with van der Waals surface area (Å²) in [6.45, 7) is 11.5. The molecule has 7 rings (SSSR count). The standard InChI is InChI=1S/C21H21NO2S.C18H33ClN2O5S.C14H10O4/c1-4-24-20(23)16-7-9-17(22-14-16)8-5-15-6-10-19-18(13-15)21(2,3)11-12-25-19;1-5-6-10-7-11(21(3)8-10)17(25)20-12(9(2)19)16-14(23)13(22)15(24)18(26-16)27-4;15-13(11-7-3-1-4-8-11)17-18-14(16)12-9-5-2-6-10-12/h6-7,9-10,13-14H,4,11-12H2,1-3H3;9-16,18,22-24H,5-8H2,1-4H3,(H,20,25);1-10H/t;9-,10+,11-,12+,13-,14+,15+,16+,18+;/m.0./s1. The highest BCUT2D eigenvalue weighted by Gasteiger charge is 2.48. The number of hydrogen-bond acceptors (Lipinski definition) is 15. The third-order valence-electron chi connectivity index (χ3n) is 12.1. The Kier molecular flexibility index (Phi) is 21.6. The van der Waals surface area contributed by atoms with Crippen LogP contribution in [0.15, 0.2) is 102 Å². The van der Waals surface area contributed by atoms with E-state index in [-0.39, 0.29) is 23.3 Å². The number of aliphatic hydroxyl groups excluding tert-OH is 3. The summed E-state index contributed by atoms with van der Waals surface area (Å²) in [6.07, 6.45) is 2.59. The predicted octanol–water partition coefficient (Wildman–Crippen LogP) is 7.44. The number of halogens is 1. The van der Waals surface area contributed by atoms with Crippen LogP contribution in [0.5, 0.6) is 0 Å². The molecule has 0 radical (unpaired) electrons. The molecule has 2 saturated heterocycles. The molecule has 3 aliphatic rings. The number of aliphatic hydroxyl groups is 3. The normalized spacial score (nSPS) is 23.2. The minimum absolute atomic E-state index is 0.147. The van der Waals surface area contributed by atoms with Crippen LogP contribution in [0.2, 0.25) is 0 Å². The molecular formula is C53H64ClN3O11S2. The maximum absolute atomic E-state index is 12.9. The SMILES string of the molecule is CCC[C@@H]1C[C@@H](C(=O)N[C@@H]([C@H]2O[C@H](SC)[C@H](O)[C@@H](O)[C@H]2O)[C@H](C)Cl)N(C)C1.CCOC(=O)c1ccc(C#Cc2ccc3c(c2)C(C)(C)CCS3)nc1.O=C(OOC(=O)c1ccccc1)c1ccccc1. The Balaban J connectivity index is 0.000000199. The number of esters is 1. The van der Waals surface area contributed by atoms with E-state index in [0.717, 1.165) is 31.4 Å². The van der Waals surface area contributed by atoms with Gasteiger partial charge in [-0.1, -0.05) is 69.5 Å². The lowest BCUT2D eigenvalue weighted by atomic mass is 9.81. The molecule has 1 aromatic heterocycles. The maximum Gasteiger partial charge on any atom is 0.386 e. The van der Waals surface area contributed by atoms with Gasteiger partial charge in [0.15, 0.2) is 0 Å². The Morgan fingerprint density at radius 2 is 1.54 bits per heavy atom. The molecule has 0 spiro atoms. The van der Waals surface area contributed by atoms with Crippen LogP contribution in [-0.2, 0) is 29.5 Å².